The molecule has 0 saturated heterocycles. The lowest BCUT2D eigenvalue weighted by atomic mass is 9.86. The van der Waals surface area contributed by atoms with Gasteiger partial charge in [0.2, 0.25) is 5.89 Å². The Hall–Kier alpha value is -1.61. The smallest absolute Gasteiger partial charge is 0.208 e. The number of benzene rings is 1. The fourth-order valence-corrected chi connectivity index (χ4v) is 2.03. The molecule has 1 N–H and O–H groups in total. The van der Waals surface area contributed by atoms with Gasteiger partial charge in [0, 0.05) is 5.56 Å². The van der Waals surface area contributed by atoms with E-state index in [0.717, 1.165) is 30.2 Å². The van der Waals surface area contributed by atoms with E-state index in [2.05, 4.69) is 62.3 Å². The summed E-state index contributed by atoms with van der Waals surface area (Å²) in [5, 5.41) is 3.29. The Morgan fingerprint density at radius 1 is 1.15 bits per heavy atom. The molecule has 2 rings (SSSR count). The van der Waals surface area contributed by atoms with E-state index in [1.807, 2.05) is 0 Å². The average Bonchev–Trinajstić information content (AvgIpc) is 2.87. The van der Waals surface area contributed by atoms with Crippen molar-refractivity contribution >= 4 is 0 Å². The van der Waals surface area contributed by atoms with Crippen molar-refractivity contribution in [2.45, 2.75) is 46.1 Å². The van der Waals surface area contributed by atoms with Crippen molar-refractivity contribution in [1.82, 2.24) is 10.3 Å². The Bertz CT molecular complexity index is 535. The molecule has 20 heavy (non-hydrogen) atoms. The standard InChI is InChI=1S/C17H24N2O/c1-5-10-18-12-16-19-11-15(20-16)13-6-8-14(9-7-13)17(2,3)4/h6-9,11,18H,5,10,12H2,1-4H3. The maximum Gasteiger partial charge on any atom is 0.208 e. The minimum absolute atomic E-state index is 0.176. The minimum atomic E-state index is 0.176. The lowest BCUT2D eigenvalue weighted by molar-refractivity contribution is 0.478. The van der Waals surface area contributed by atoms with Crippen molar-refractivity contribution in [3.63, 3.8) is 0 Å². The summed E-state index contributed by atoms with van der Waals surface area (Å²) in [7, 11) is 0. The van der Waals surface area contributed by atoms with Crippen LogP contribution < -0.4 is 5.32 Å². The zero-order valence-corrected chi connectivity index (χ0v) is 12.9. The Morgan fingerprint density at radius 2 is 1.85 bits per heavy atom. The van der Waals surface area contributed by atoms with E-state index in [4.69, 9.17) is 4.42 Å². The van der Waals surface area contributed by atoms with Crippen LogP contribution in [-0.2, 0) is 12.0 Å². The highest BCUT2D eigenvalue weighted by molar-refractivity contribution is 5.57. The van der Waals surface area contributed by atoms with Gasteiger partial charge in [0.1, 0.15) is 0 Å². The highest BCUT2D eigenvalue weighted by atomic mass is 16.4. The molecule has 0 aliphatic carbocycles. The molecular weight excluding hydrogens is 248 g/mol. The molecule has 0 aliphatic rings. The molecule has 0 spiro atoms. The third-order valence-electron chi connectivity index (χ3n) is 3.29. The molecule has 0 amide bonds. The molecule has 0 atom stereocenters. The Labute approximate surface area is 121 Å². The van der Waals surface area contributed by atoms with Crippen LogP contribution in [0.15, 0.2) is 34.9 Å². The van der Waals surface area contributed by atoms with Gasteiger partial charge in [0.05, 0.1) is 12.7 Å². The highest BCUT2D eigenvalue weighted by Crippen LogP contribution is 2.26. The van der Waals surface area contributed by atoms with Crippen molar-refractivity contribution in [3.05, 3.63) is 41.9 Å². The van der Waals surface area contributed by atoms with Crippen LogP contribution in [0.4, 0.5) is 0 Å². The van der Waals surface area contributed by atoms with E-state index in [9.17, 15) is 0 Å². The second-order valence-corrected chi connectivity index (χ2v) is 6.12. The second kappa shape index (κ2) is 6.23. The first kappa shape index (κ1) is 14.8. The molecule has 3 nitrogen and oxygen atoms in total. The van der Waals surface area contributed by atoms with Gasteiger partial charge in [0.25, 0.3) is 0 Å². The molecule has 1 aromatic carbocycles. The van der Waals surface area contributed by atoms with Gasteiger partial charge in [-0.1, -0.05) is 52.0 Å². The SMILES string of the molecule is CCCNCc1ncc(-c2ccc(C(C)(C)C)cc2)o1. The topological polar surface area (TPSA) is 38.1 Å². The van der Waals surface area contributed by atoms with Gasteiger partial charge in [-0.25, -0.2) is 4.98 Å². The molecule has 0 saturated carbocycles. The zero-order chi connectivity index (χ0) is 14.6. The maximum atomic E-state index is 5.77. The monoisotopic (exact) mass is 272 g/mol. The molecule has 1 aromatic heterocycles. The van der Waals surface area contributed by atoms with E-state index in [0.29, 0.717) is 6.54 Å². The minimum Gasteiger partial charge on any atom is -0.439 e. The van der Waals surface area contributed by atoms with E-state index in [-0.39, 0.29) is 5.41 Å². The van der Waals surface area contributed by atoms with Crippen LogP contribution >= 0.6 is 0 Å². The third kappa shape index (κ3) is 3.70. The van der Waals surface area contributed by atoms with Crippen LogP contribution in [0.1, 0.15) is 45.6 Å². The van der Waals surface area contributed by atoms with Gasteiger partial charge >= 0.3 is 0 Å². The normalized spacial score (nSPS) is 11.8. The molecule has 108 valence electrons. The van der Waals surface area contributed by atoms with Gasteiger partial charge in [0.15, 0.2) is 5.76 Å². The van der Waals surface area contributed by atoms with E-state index < -0.39 is 0 Å². The van der Waals surface area contributed by atoms with Gasteiger partial charge in [-0.2, -0.15) is 0 Å². The first-order chi connectivity index (χ1) is 9.50. The van der Waals surface area contributed by atoms with Crippen molar-refractivity contribution in [2.24, 2.45) is 0 Å². The Balaban J connectivity index is 2.08. The summed E-state index contributed by atoms with van der Waals surface area (Å²) in [6.45, 7) is 10.5. The number of rotatable bonds is 5. The number of oxazole rings is 1. The van der Waals surface area contributed by atoms with Gasteiger partial charge in [-0.15, -0.1) is 0 Å². The predicted molar refractivity (Wildman–Crippen MR) is 82.6 cm³/mol. The molecule has 0 unspecified atom stereocenters. The van der Waals surface area contributed by atoms with E-state index in [1.165, 1.54) is 5.56 Å². The number of hydrogen-bond acceptors (Lipinski definition) is 3. The fraction of sp³-hybridized carbons (Fsp3) is 0.471. The summed E-state index contributed by atoms with van der Waals surface area (Å²) in [6.07, 6.45) is 2.91. The molecule has 0 aliphatic heterocycles. The summed E-state index contributed by atoms with van der Waals surface area (Å²) >= 11 is 0. The zero-order valence-electron chi connectivity index (χ0n) is 12.9. The molecular formula is C17H24N2O. The van der Waals surface area contributed by atoms with Gasteiger partial charge in [-0.3, -0.25) is 0 Å². The molecule has 3 heteroatoms. The first-order valence-electron chi connectivity index (χ1n) is 7.27. The predicted octanol–water partition coefficient (Wildman–Crippen LogP) is 4.14. The van der Waals surface area contributed by atoms with Gasteiger partial charge < -0.3 is 9.73 Å². The number of nitrogens with zero attached hydrogens (tertiary/aromatic N) is 1. The van der Waals surface area contributed by atoms with Crippen LogP contribution in [0, 0.1) is 0 Å². The van der Waals surface area contributed by atoms with Crippen molar-refractivity contribution in [3.8, 4) is 11.3 Å². The van der Waals surface area contributed by atoms with Crippen molar-refractivity contribution in [2.75, 3.05) is 6.54 Å². The van der Waals surface area contributed by atoms with E-state index >= 15 is 0 Å². The average molecular weight is 272 g/mol. The summed E-state index contributed by atoms with van der Waals surface area (Å²) in [6, 6.07) is 8.52. The Kier molecular flexibility index (Phi) is 4.61. The second-order valence-electron chi connectivity index (χ2n) is 6.12. The van der Waals surface area contributed by atoms with Crippen molar-refractivity contribution in [1.29, 1.82) is 0 Å². The van der Waals surface area contributed by atoms with Crippen LogP contribution in [0.2, 0.25) is 0 Å². The first-order valence-corrected chi connectivity index (χ1v) is 7.27. The summed E-state index contributed by atoms with van der Waals surface area (Å²) in [5.41, 5.74) is 2.58. The van der Waals surface area contributed by atoms with Gasteiger partial charge in [-0.05, 0) is 23.9 Å². The quantitative estimate of drug-likeness (QED) is 0.831. The number of nitrogens with one attached hydrogen (secondary N) is 1. The lowest BCUT2D eigenvalue weighted by Gasteiger charge is -2.18. The molecule has 0 radical (unpaired) electrons. The largest absolute Gasteiger partial charge is 0.439 e. The lowest BCUT2D eigenvalue weighted by Crippen LogP contribution is -2.13. The van der Waals surface area contributed by atoms with Crippen LogP contribution in [-0.4, -0.2) is 11.5 Å². The molecule has 2 aromatic rings. The molecule has 1 heterocycles. The van der Waals surface area contributed by atoms with Crippen molar-refractivity contribution < 1.29 is 4.42 Å². The van der Waals surface area contributed by atoms with Crippen LogP contribution in [0.5, 0.6) is 0 Å². The summed E-state index contributed by atoms with van der Waals surface area (Å²) in [4.78, 5) is 4.31. The maximum absolute atomic E-state index is 5.77. The van der Waals surface area contributed by atoms with Crippen LogP contribution in [0.3, 0.4) is 0 Å². The number of aromatic nitrogens is 1. The Morgan fingerprint density at radius 3 is 2.45 bits per heavy atom. The molecule has 0 bridgehead atoms. The highest BCUT2D eigenvalue weighted by Gasteiger charge is 2.14. The molecule has 0 fully saturated rings. The van der Waals surface area contributed by atoms with Crippen LogP contribution in [0.25, 0.3) is 11.3 Å². The summed E-state index contributed by atoms with van der Waals surface area (Å²) in [5.74, 6) is 1.58. The number of hydrogen-bond donors (Lipinski definition) is 1. The fourth-order valence-electron chi connectivity index (χ4n) is 2.03. The summed E-state index contributed by atoms with van der Waals surface area (Å²) < 4.78 is 5.77. The third-order valence-corrected chi connectivity index (χ3v) is 3.29. The van der Waals surface area contributed by atoms with E-state index in [1.54, 1.807) is 6.20 Å².